The highest BCUT2D eigenvalue weighted by Crippen LogP contribution is 2.25. The molecule has 2 rings (SSSR count). The maximum atomic E-state index is 6.21. The maximum Gasteiger partial charge on any atom is 0.0298 e. The van der Waals surface area contributed by atoms with Crippen LogP contribution < -0.4 is 5.73 Å². The molecule has 1 nitrogen and oxygen atoms in total. The summed E-state index contributed by atoms with van der Waals surface area (Å²) < 4.78 is 2.13. The van der Waals surface area contributed by atoms with Gasteiger partial charge in [-0.15, -0.1) is 0 Å². The van der Waals surface area contributed by atoms with Crippen molar-refractivity contribution in [2.24, 2.45) is 5.73 Å². The molecule has 0 aliphatic rings. The molecule has 4 heteroatoms. The van der Waals surface area contributed by atoms with Crippen molar-refractivity contribution in [3.63, 3.8) is 0 Å². The Balaban J connectivity index is 2.01. The van der Waals surface area contributed by atoms with Gasteiger partial charge >= 0.3 is 0 Å². The van der Waals surface area contributed by atoms with Gasteiger partial charge in [0.2, 0.25) is 0 Å². The van der Waals surface area contributed by atoms with Crippen molar-refractivity contribution in [2.75, 3.05) is 0 Å². The van der Waals surface area contributed by atoms with E-state index in [0.29, 0.717) is 0 Å². The lowest BCUT2D eigenvalue weighted by atomic mass is 10.0. The third-order valence-electron chi connectivity index (χ3n) is 2.64. The summed E-state index contributed by atoms with van der Waals surface area (Å²) in [5, 5.41) is 4.29. The van der Waals surface area contributed by atoms with Crippen molar-refractivity contribution in [1.82, 2.24) is 0 Å². The Kier molecular flexibility index (Phi) is 4.79. The lowest BCUT2D eigenvalue weighted by Crippen LogP contribution is -2.11. The Labute approximate surface area is 122 Å². The van der Waals surface area contributed by atoms with Crippen molar-refractivity contribution in [1.29, 1.82) is 0 Å². The predicted molar refractivity (Wildman–Crippen MR) is 81.4 cm³/mol. The first-order valence-electron chi connectivity index (χ1n) is 5.38. The van der Waals surface area contributed by atoms with Crippen molar-refractivity contribution in [2.45, 2.75) is 18.9 Å². The summed E-state index contributed by atoms with van der Waals surface area (Å²) in [5.41, 5.74) is 8.75. The lowest BCUT2D eigenvalue weighted by Gasteiger charge is -2.12. The molecule has 0 fully saturated rings. The van der Waals surface area contributed by atoms with Crippen molar-refractivity contribution in [3.8, 4) is 0 Å². The second-order valence-electron chi connectivity index (χ2n) is 3.98. The van der Waals surface area contributed by atoms with Crippen molar-refractivity contribution >= 4 is 43.2 Å². The molecular weight excluding hydrogens is 362 g/mol. The van der Waals surface area contributed by atoms with Gasteiger partial charge in [0.15, 0.2) is 0 Å². The zero-order valence-corrected chi connectivity index (χ0v) is 13.2. The van der Waals surface area contributed by atoms with Crippen LogP contribution in [0.15, 0.2) is 44.0 Å². The predicted octanol–water partition coefficient (Wildman–Crippen LogP) is 4.91. The number of hydrogen-bond acceptors (Lipinski definition) is 2. The van der Waals surface area contributed by atoms with E-state index in [1.54, 1.807) is 11.3 Å². The second-order valence-corrected chi connectivity index (χ2v) is 6.59. The van der Waals surface area contributed by atoms with Gasteiger partial charge in [0.25, 0.3) is 0 Å². The van der Waals surface area contributed by atoms with E-state index in [1.165, 1.54) is 11.1 Å². The van der Waals surface area contributed by atoms with Crippen LogP contribution in [-0.2, 0) is 6.42 Å². The van der Waals surface area contributed by atoms with Crippen LogP contribution in [0.25, 0.3) is 0 Å². The minimum absolute atomic E-state index is 0.0868. The molecule has 0 aliphatic heterocycles. The van der Waals surface area contributed by atoms with Gasteiger partial charge in [0.05, 0.1) is 0 Å². The number of rotatable bonds is 4. The number of nitrogens with two attached hydrogens (primary N) is 1. The first-order chi connectivity index (χ1) is 8.15. The highest BCUT2D eigenvalue weighted by Gasteiger charge is 2.08. The van der Waals surface area contributed by atoms with E-state index in [1.807, 2.05) is 6.07 Å². The van der Waals surface area contributed by atoms with Gasteiger partial charge < -0.3 is 5.73 Å². The van der Waals surface area contributed by atoms with E-state index in [2.05, 4.69) is 60.8 Å². The zero-order valence-electron chi connectivity index (χ0n) is 9.20. The van der Waals surface area contributed by atoms with Crippen molar-refractivity contribution < 1.29 is 0 Å². The first kappa shape index (κ1) is 13.3. The van der Waals surface area contributed by atoms with Gasteiger partial charge in [0.1, 0.15) is 0 Å². The molecule has 0 bridgehead atoms. The van der Waals surface area contributed by atoms with E-state index in [-0.39, 0.29) is 6.04 Å². The van der Waals surface area contributed by atoms with Crippen molar-refractivity contribution in [3.05, 3.63) is 55.1 Å². The van der Waals surface area contributed by atoms with E-state index in [4.69, 9.17) is 5.73 Å². The van der Waals surface area contributed by atoms with E-state index in [9.17, 15) is 0 Å². The van der Waals surface area contributed by atoms with E-state index in [0.717, 1.165) is 21.8 Å². The van der Waals surface area contributed by atoms with Gasteiger partial charge in [-0.25, -0.2) is 0 Å². The summed E-state index contributed by atoms with van der Waals surface area (Å²) in [6, 6.07) is 8.44. The Bertz CT molecular complexity index is 462. The molecule has 17 heavy (non-hydrogen) atoms. The fraction of sp³-hybridized carbons (Fsp3) is 0.231. The molecule has 1 heterocycles. The van der Waals surface area contributed by atoms with Crippen LogP contribution in [0.3, 0.4) is 0 Å². The zero-order chi connectivity index (χ0) is 12.3. The number of benzene rings is 1. The second kappa shape index (κ2) is 6.14. The topological polar surface area (TPSA) is 26.0 Å². The van der Waals surface area contributed by atoms with Crippen LogP contribution >= 0.6 is 43.2 Å². The van der Waals surface area contributed by atoms with Gasteiger partial charge in [-0.05, 0) is 59.0 Å². The van der Waals surface area contributed by atoms with Crippen LogP contribution in [0.2, 0.25) is 0 Å². The molecule has 2 aromatic rings. The Hall–Kier alpha value is -0.160. The van der Waals surface area contributed by atoms with E-state index >= 15 is 0 Å². The third-order valence-corrected chi connectivity index (χ3v) is 4.28. The summed E-state index contributed by atoms with van der Waals surface area (Å²) in [6.07, 6.45) is 2.01. The minimum atomic E-state index is 0.0868. The highest BCUT2D eigenvalue weighted by atomic mass is 79.9. The fourth-order valence-corrected chi connectivity index (χ4v) is 3.75. The highest BCUT2D eigenvalue weighted by molar-refractivity contribution is 9.11. The van der Waals surface area contributed by atoms with Crippen LogP contribution in [0.1, 0.15) is 23.6 Å². The molecule has 1 aromatic heterocycles. The van der Waals surface area contributed by atoms with Gasteiger partial charge in [0, 0.05) is 15.0 Å². The Morgan fingerprint density at radius 3 is 2.47 bits per heavy atom. The van der Waals surface area contributed by atoms with Crippen LogP contribution in [0, 0.1) is 0 Å². The SMILES string of the molecule is NC(CCc1ccsc1)c1cc(Br)cc(Br)c1. The minimum Gasteiger partial charge on any atom is -0.324 e. The standard InChI is InChI=1S/C13H13Br2NS/c14-11-5-10(6-12(15)7-11)13(16)2-1-9-3-4-17-8-9/h3-8,13H,1-2,16H2. The lowest BCUT2D eigenvalue weighted by molar-refractivity contribution is 0.651. The summed E-state index contributed by atoms with van der Waals surface area (Å²) in [7, 11) is 0. The molecule has 1 atom stereocenters. The summed E-state index contributed by atoms with van der Waals surface area (Å²) in [6.45, 7) is 0. The molecule has 0 amide bonds. The summed E-state index contributed by atoms with van der Waals surface area (Å²) >= 11 is 8.71. The summed E-state index contributed by atoms with van der Waals surface area (Å²) in [4.78, 5) is 0. The average Bonchev–Trinajstić information content (AvgIpc) is 2.77. The molecule has 0 spiro atoms. The largest absolute Gasteiger partial charge is 0.324 e. The fourth-order valence-electron chi connectivity index (χ4n) is 1.71. The smallest absolute Gasteiger partial charge is 0.0298 e. The number of thiophene rings is 1. The molecule has 0 radical (unpaired) electrons. The summed E-state index contributed by atoms with van der Waals surface area (Å²) in [5.74, 6) is 0. The Morgan fingerprint density at radius 1 is 1.18 bits per heavy atom. The quantitative estimate of drug-likeness (QED) is 0.808. The Morgan fingerprint density at radius 2 is 1.88 bits per heavy atom. The third kappa shape index (κ3) is 3.91. The molecule has 2 N–H and O–H groups in total. The molecule has 0 saturated heterocycles. The van der Waals surface area contributed by atoms with E-state index < -0.39 is 0 Å². The van der Waals surface area contributed by atoms with Gasteiger partial charge in [-0.3, -0.25) is 0 Å². The molecular formula is C13H13Br2NS. The number of hydrogen-bond donors (Lipinski definition) is 1. The molecule has 90 valence electrons. The van der Waals surface area contributed by atoms with Crippen LogP contribution in [0.5, 0.6) is 0 Å². The van der Waals surface area contributed by atoms with Crippen LogP contribution in [0.4, 0.5) is 0 Å². The monoisotopic (exact) mass is 373 g/mol. The van der Waals surface area contributed by atoms with Gasteiger partial charge in [-0.1, -0.05) is 31.9 Å². The molecule has 1 aromatic carbocycles. The number of halogens is 2. The number of aryl methyl sites for hydroxylation is 1. The molecule has 0 aliphatic carbocycles. The average molecular weight is 375 g/mol. The van der Waals surface area contributed by atoms with Crippen LogP contribution in [-0.4, -0.2) is 0 Å². The molecule has 1 unspecified atom stereocenters. The van der Waals surface area contributed by atoms with Gasteiger partial charge in [-0.2, -0.15) is 11.3 Å². The molecule has 0 saturated carbocycles. The maximum absolute atomic E-state index is 6.21. The first-order valence-corrected chi connectivity index (χ1v) is 7.90. The normalized spacial score (nSPS) is 12.6.